The van der Waals surface area contributed by atoms with Crippen molar-refractivity contribution in [3.05, 3.63) is 34.4 Å². The molecular formula is C14H16BrN3O3. The average Bonchev–Trinajstić information content (AvgIpc) is 2.87. The quantitative estimate of drug-likeness (QED) is 0.321. The summed E-state index contributed by atoms with van der Waals surface area (Å²) in [6.45, 7) is 0.776. The Morgan fingerprint density at radius 2 is 2.33 bits per heavy atom. The number of amides is 1. The molecule has 21 heavy (non-hydrogen) atoms. The second-order valence-corrected chi connectivity index (χ2v) is 5.39. The fraction of sp³-hybridized carbons (Fsp3) is 0.286. The molecule has 0 saturated heterocycles. The summed E-state index contributed by atoms with van der Waals surface area (Å²) < 4.78 is 5.80. The average molecular weight is 354 g/mol. The van der Waals surface area contributed by atoms with Crippen molar-refractivity contribution in [3.8, 4) is 0 Å². The standard InChI is InChI=1S/C14H16BrN3O3/c1-21-5-4-16-14(19)13(18-20)6-9-8-17-12-3-2-10(15)7-11(9)12/h2-3,7-8,17,20H,4-6H2,1H3,(H,16,19)/b18-13+. The van der Waals surface area contributed by atoms with Crippen molar-refractivity contribution in [2.45, 2.75) is 6.42 Å². The molecule has 6 nitrogen and oxygen atoms in total. The number of aromatic nitrogens is 1. The summed E-state index contributed by atoms with van der Waals surface area (Å²) in [5.41, 5.74) is 1.92. The molecule has 0 bridgehead atoms. The zero-order valence-corrected chi connectivity index (χ0v) is 13.1. The van der Waals surface area contributed by atoms with Gasteiger partial charge in [0.2, 0.25) is 0 Å². The summed E-state index contributed by atoms with van der Waals surface area (Å²) in [6, 6.07) is 5.83. The van der Waals surface area contributed by atoms with Gasteiger partial charge in [0.15, 0.2) is 0 Å². The van der Waals surface area contributed by atoms with Gasteiger partial charge in [0, 0.05) is 41.6 Å². The van der Waals surface area contributed by atoms with E-state index in [1.54, 1.807) is 7.11 Å². The first kappa shape index (κ1) is 15.5. The molecule has 0 spiro atoms. The zero-order valence-electron chi connectivity index (χ0n) is 11.5. The highest BCUT2D eigenvalue weighted by molar-refractivity contribution is 9.10. The van der Waals surface area contributed by atoms with Gasteiger partial charge in [0.1, 0.15) is 5.71 Å². The van der Waals surface area contributed by atoms with Crippen LogP contribution >= 0.6 is 15.9 Å². The van der Waals surface area contributed by atoms with Crippen molar-refractivity contribution in [2.24, 2.45) is 5.16 Å². The van der Waals surface area contributed by atoms with Crippen molar-refractivity contribution in [2.75, 3.05) is 20.3 Å². The smallest absolute Gasteiger partial charge is 0.269 e. The van der Waals surface area contributed by atoms with Crippen LogP contribution in [-0.2, 0) is 16.0 Å². The number of methoxy groups -OCH3 is 1. The Bertz CT molecular complexity index is 667. The molecule has 0 saturated carbocycles. The molecule has 0 unspecified atom stereocenters. The van der Waals surface area contributed by atoms with E-state index < -0.39 is 5.91 Å². The molecule has 1 aromatic carbocycles. The number of nitrogens with zero attached hydrogens (tertiary/aromatic N) is 1. The largest absolute Gasteiger partial charge is 0.410 e. The Hall–Kier alpha value is -1.86. The summed E-state index contributed by atoms with van der Waals surface area (Å²) in [4.78, 5) is 15.0. The van der Waals surface area contributed by atoms with Crippen LogP contribution in [0, 0.1) is 0 Å². The SMILES string of the molecule is COCCNC(=O)/C(Cc1c[nH]c2ccc(Br)cc12)=N/O. The second-order valence-electron chi connectivity index (χ2n) is 4.48. The number of carbonyl (C=O) groups excluding carboxylic acids is 1. The van der Waals surface area contributed by atoms with Crippen molar-refractivity contribution in [1.29, 1.82) is 0 Å². The molecule has 7 heteroatoms. The van der Waals surface area contributed by atoms with Gasteiger partial charge in [-0.15, -0.1) is 0 Å². The summed E-state index contributed by atoms with van der Waals surface area (Å²) in [5.74, 6) is -0.404. The van der Waals surface area contributed by atoms with E-state index in [1.165, 1.54) is 0 Å². The summed E-state index contributed by atoms with van der Waals surface area (Å²) >= 11 is 3.42. The van der Waals surface area contributed by atoms with Crippen molar-refractivity contribution < 1.29 is 14.7 Å². The lowest BCUT2D eigenvalue weighted by atomic mass is 10.1. The van der Waals surface area contributed by atoms with E-state index in [4.69, 9.17) is 9.94 Å². The maximum atomic E-state index is 11.9. The lowest BCUT2D eigenvalue weighted by molar-refractivity contribution is -0.115. The minimum absolute atomic E-state index is 0.0620. The molecule has 3 N–H and O–H groups in total. The monoisotopic (exact) mass is 353 g/mol. The highest BCUT2D eigenvalue weighted by Gasteiger charge is 2.15. The van der Waals surface area contributed by atoms with Gasteiger partial charge in [-0.1, -0.05) is 21.1 Å². The Balaban J connectivity index is 2.14. The van der Waals surface area contributed by atoms with Gasteiger partial charge >= 0.3 is 0 Å². The molecule has 112 valence electrons. The minimum atomic E-state index is -0.404. The topological polar surface area (TPSA) is 86.7 Å². The molecule has 0 aliphatic heterocycles. The van der Waals surface area contributed by atoms with E-state index in [1.807, 2.05) is 24.4 Å². The van der Waals surface area contributed by atoms with Crippen LogP contribution in [-0.4, -0.2) is 42.1 Å². The molecule has 1 heterocycles. The number of fused-ring (bicyclic) bond motifs is 1. The summed E-state index contributed by atoms with van der Waals surface area (Å²) in [7, 11) is 1.55. The number of nitrogens with one attached hydrogen (secondary N) is 2. The maximum Gasteiger partial charge on any atom is 0.269 e. The van der Waals surface area contributed by atoms with Crippen LogP contribution in [0.2, 0.25) is 0 Å². The molecule has 2 rings (SSSR count). The number of aromatic amines is 1. The normalized spacial score (nSPS) is 11.8. The number of ether oxygens (including phenoxy) is 1. The first-order chi connectivity index (χ1) is 10.2. The molecule has 2 aromatic rings. The number of rotatable bonds is 6. The van der Waals surface area contributed by atoms with Crippen LogP contribution < -0.4 is 5.32 Å². The van der Waals surface area contributed by atoms with Crippen LogP contribution in [0.1, 0.15) is 5.56 Å². The van der Waals surface area contributed by atoms with Crippen molar-refractivity contribution in [1.82, 2.24) is 10.3 Å². The summed E-state index contributed by atoms with van der Waals surface area (Å²) in [6.07, 6.45) is 2.05. The number of hydrogen-bond donors (Lipinski definition) is 3. The van der Waals surface area contributed by atoms with Gasteiger partial charge in [0.05, 0.1) is 6.61 Å². The van der Waals surface area contributed by atoms with E-state index in [9.17, 15) is 4.79 Å². The Morgan fingerprint density at radius 1 is 1.52 bits per heavy atom. The van der Waals surface area contributed by atoms with E-state index in [2.05, 4.69) is 31.4 Å². The molecule has 0 aliphatic carbocycles. The lowest BCUT2D eigenvalue weighted by Crippen LogP contribution is -2.34. The predicted octanol–water partition coefficient (Wildman–Crippen LogP) is 2.07. The molecule has 0 atom stereocenters. The van der Waals surface area contributed by atoms with Crippen LogP contribution in [0.4, 0.5) is 0 Å². The van der Waals surface area contributed by atoms with Gasteiger partial charge in [-0.25, -0.2) is 0 Å². The van der Waals surface area contributed by atoms with E-state index in [0.717, 1.165) is 20.9 Å². The first-order valence-corrected chi connectivity index (χ1v) is 7.18. The molecule has 0 aliphatic rings. The highest BCUT2D eigenvalue weighted by Crippen LogP contribution is 2.23. The highest BCUT2D eigenvalue weighted by atomic mass is 79.9. The van der Waals surface area contributed by atoms with Crippen LogP contribution in [0.25, 0.3) is 10.9 Å². The van der Waals surface area contributed by atoms with Gasteiger partial charge in [-0.05, 0) is 23.8 Å². The van der Waals surface area contributed by atoms with Gasteiger partial charge in [0.25, 0.3) is 5.91 Å². The maximum absolute atomic E-state index is 11.9. The molecule has 0 radical (unpaired) electrons. The molecule has 0 fully saturated rings. The fourth-order valence-electron chi connectivity index (χ4n) is 2.01. The number of oxime groups is 1. The van der Waals surface area contributed by atoms with Crippen LogP contribution in [0.5, 0.6) is 0 Å². The van der Waals surface area contributed by atoms with E-state index in [-0.39, 0.29) is 12.1 Å². The third kappa shape index (κ3) is 3.83. The molecule has 1 amide bonds. The van der Waals surface area contributed by atoms with Crippen LogP contribution in [0.3, 0.4) is 0 Å². The van der Waals surface area contributed by atoms with Crippen molar-refractivity contribution in [3.63, 3.8) is 0 Å². The number of benzene rings is 1. The van der Waals surface area contributed by atoms with Gasteiger partial charge < -0.3 is 20.2 Å². The summed E-state index contributed by atoms with van der Waals surface area (Å²) in [5, 5.41) is 15.8. The third-order valence-corrected chi connectivity index (χ3v) is 3.56. The Kier molecular flexibility index (Phi) is 5.35. The number of carbonyl (C=O) groups is 1. The van der Waals surface area contributed by atoms with Gasteiger partial charge in [-0.3, -0.25) is 4.79 Å². The number of hydrogen-bond acceptors (Lipinski definition) is 4. The fourth-order valence-corrected chi connectivity index (χ4v) is 2.37. The Morgan fingerprint density at radius 3 is 3.05 bits per heavy atom. The minimum Gasteiger partial charge on any atom is -0.410 e. The van der Waals surface area contributed by atoms with E-state index >= 15 is 0 Å². The zero-order chi connectivity index (χ0) is 15.2. The van der Waals surface area contributed by atoms with E-state index in [0.29, 0.717) is 13.2 Å². The Labute approximate surface area is 130 Å². The first-order valence-electron chi connectivity index (χ1n) is 6.39. The molecule has 1 aromatic heterocycles. The lowest BCUT2D eigenvalue weighted by Gasteiger charge is -2.06. The van der Waals surface area contributed by atoms with Crippen LogP contribution in [0.15, 0.2) is 34.0 Å². The molecular weight excluding hydrogens is 338 g/mol. The van der Waals surface area contributed by atoms with Gasteiger partial charge in [-0.2, -0.15) is 0 Å². The second kappa shape index (κ2) is 7.24. The number of H-pyrrole nitrogens is 1. The van der Waals surface area contributed by atoms with Crippen molar-refractivity contribution >= 4 is 38.5 Å². The third-order valence-electron chi connectivity index (χ3n) is 3.06. The number of halogens is 1. The predicted molar refractivity (Wildman–Crippen MR) is 83.8 cm³/mol.